The van der Waals surface area contributed by atoms with Gasteiger partial charge in [0, 0.05) is 27.8 Å². The zero-order valence-electron chi connectivity index (χ0n) is 8.50. The molecule has 2 N–H and O–H groups in total. The lowest BCUT2D eigenvalue weighted by Gasteiger charge is -2.14. The van der Waals surface area contributed by atoms with Gasteiger partial charge in [0.15, 0.2) is 0 Å². The van der Waals surface area contributed by atoms with Gasteiger partial charge in [-0.25, -0.2) is 0 Å². The highest BCUT2D eigenvalue weighted by Crippen LogP contribution is 2.21. The average molecular weight is 203 g/mol. The molecule has 0 aromatic carbocycles. The molecule has 3 heteroatoms. The van der Waals surface area contributed by atoms with Crippen molar-refractivity contribution in [3.63, 3.8) is 0 Å². The summed E-state index contributed by atoms with van der Waals surface area (Å²) in [6.07, 6.45) is 7.47. The second-order valence-electron chi connectivity index (χ2n) is 4.14. The molecule has 1 aliphatic carbocycles. The van der Waals surface area contributed by atoms with Gasteiger partial charge in [-0.2, -0.15) is 0 Å². The summed E-state index contributed by atoms with van der Waals surface area (Å²) in [5.41, 5.74) is 5.65. The lowest BCUT2D eigenvalue weighted by molar-refractivity contribution is 0.636. The van der Waals surface area contributed by atoms with Crippen LogP contribution >= 0.6 is 0 Å². The fraction of sp³-hybridized carbons (Fsp3) is 1.00. The predicted octanol–water partition coefficient (Wildman–Crippen LogP) is 1.81. The largest absolute Gasteiger partial charge is 0.327 e. The maximum Gasteiger partial charge on any atom is 0.0386 e. The molecular weight excluding hydrogens is 182 g/mol. The molecule has 1 aliphatic rings. The van der Waals surface area contributed by atoms with Crippen molar-refractivity contribution in [3.8, 4) is 0 Å². The number of hydrogen-bond donors (Lipinski definition) is 1. The van der Waals surface area contributed by atoms with E-state index in [1.807, 2.05) is 6.92 Å². The van der Waals surface area contributed by atoms with Gasteiger partial charge in [-0.05, 0) is 19.8 Å². The molecule has 2 unspecified atom stereocenters. The summed E-state index contributed by atoms with van der Waals surface area (Å²) >= 11 is 0. The zero-order chi connectivity index (χ0) is 9.68. The fourth-order valence-corrected chi connectivity index (χ4v) is 3.55. The van der Waals surface area contributed by atoms with Crippen LogP contribution in [0.5, 0.6) is 0 Å². The highest BCUT2D eigenvalue weighted by molar-refractivity contribution is 7.85. The molecule has 2 atom stereocenters. The average Bonchev–Trinajstić information content (AvgIpc) is 2.29. The molecule has 78 valence electrons. The molecule has 0 aliphatic heterocycles. The van der Waals surface area contributed by atoms with Crippen LogP contribution in [0.25, 0.3) is 0 Å². The molecule has 0 heterocycles. The van der Waals surface area contributed by atoms with Crippen LogP contribution in [0.3, 0.4) is 0 Å². The van der Waals surface area contributed by atoms with Gasteiger partial charge in [-0.15, -0.1) is 0 Å². The molecule has 0 aromatic heterocycles. The standard InChI is InChI=1S/C10H21NOS/c1-9(11)8-13(12)10-6-4-2-3-5-7-10/h9-10H,2-8,11H2,1H3. The third-order valence-electron chi connectivity index (χ3n) is 2.60. The van der Waals surface area contributed by atoms with Crippen LogP contribution in [-0.4, -0.2) is 21.3 Å². The van der Waals surface area contributed by atoms with E-state index in [1.165, 1.54) is 25.7 Å². The van der Waals surface area contributed by atoms with Crippen molar-refractivity contribution in [2.24, 2.45) is 5.73 Å². The molecule has 2 nitrogen and oxygen atoms in total. The Bertz CT molecular complexity index is 162. The molecule has 1 fully saturated rings. The predicted molar refractivity (Wildman–Crippen MR) is 58.1 cm³/mol. The van der Waals surface area contributed by atoms with Gasteiger partial charge in [-0.1, -0.05) is 25.7 Å². The lowest BCUT2D eigenvalue weighted by atomic mass is 10.2. The van der Waals surface area contributed by atoms with E-state index in [2.05, 4.69) is 0 Å². The van der Waals surface area contributed by atoms with E-state index in [9.17, 15) is 4.21 Å². The van der Waals surface area contributed by atoms with Crippen LogP contribution in [0.2, 0.25) is 0 Å². The van der Waals surface area contributed by atoms with Gasteiger partial charge < -0.3 is 5.73 Å². The van der Waals surface area contributed by atoms with Gasteiger partial charge in [0.1, 0.15) is 0 Å². The highest BCUT2D eigenvalue weighted by atomic mass is 32.2. The highest BCUT2D eigenvalue weighted by Gasteiger charge is 2.18. The maximum absolute atomic E-state index is 11.8. The molecule has 1 rings (SSSR count). The zero-order valence-corrected chi connectivity index (χ0v) is 9.31. The van der Waals surface area contributed by atoms with E-state index in [1.54, 1.807) is 0 Å². The minimum atomic E-state index is -0.673. The van der Waals surface area contributed by atoms with Crippen LogP contribution in [0, 0.1) is 0 Å². The molecule has 0 radical (unpaired) electrons. The van der Waals surface area contributed by atoms with E-state index < -0.39 is 10.8 Å². The Labute approximate surface area is 83.7 Å². The Kier molecular flexibility index (Phi) is 4.96. The van der Waals surface area contributed by atoms with Gasteiger partial charge >= 0.3 is 0 Å². The Hall–Kier alpha value is 0.110. The summed E-state index contributed by atoms with van der Waals surface area (Å²) in [6.45, 7) is 1.94. The van der Waals surface area contributed by atoms with E-state index in [4.69, 9.17) is 5.73 Å². The van der Waals surface area contributed by atoms with Crippen molar-refractivity contribution in [2.75, 3.05) is 5.75 Å². The van der Waals surface area contributed by atoms with Crippen molar-refractivity contribution in [1.82, 2.24) is 0 Å². The summed E-state index contributed by atoms with van der Waals surface area (Å²) in [6, 6.07) is 0.0871. The number of nitrogens with two attached hydrogens (primary N) is 1. The van der Waals surface area contributed by atoms with Crippen molar-refractivity contribution in [1.29, 1.82) is 0 Å². The van der Waals surface area contributed by atoms with E-state index in [0.717, 1.165) is 12.8 Å². The summed E-state index contributed by atoms with van der Waals surface area (Å²) < 4.78 is 11.8. The second-order valence-corrected chi connectivity index (χ2v) is 5.90. The Morgan fingerprint density at radius 1 is 1.31 bits per heavy atom. The minimum Gasteiger partial charge on any atom is -0.327 e. The summed E-state index contributed by atoms with van der Waals surface area (Å²) in [7, 11) is -0.673. The fourth-order valence-electron chi connectivity index (χ4n) is 1.90. The molecule has 0 bridgehead atoms. The van der Waals surface area contributed by atoms with Gasteiger partial charge in [0.25, 0.3) is 0 Å². The van der Waals surface area contributed by atoms with Crippen molar-refractivity contribution in [3.05, 3.63) is 0 Å². The maximum atomic E-state index is 11.8. The van der Waals surface area contributed by atoms with Crippen molar-refractivity contribution >= 4 is 10.8 Å². The summed E-state index contributed by atoms with van der Waals surface area (Å²) in [4.78, 5) is 0. The Morgan fingerprint density at radius 3 is 2.31 bits per heavy atom. The lowest BCUT2D eigenvalue weighted by Crippen LogP contribution is -2.28. The van der Waals surface area contributed by atoms with Crippen LogP contribution < -0.4 is 5.73 Å². The molecule has 0 aromatic rings. The summed E-state index contributed by atoms with van der Waals surface area (Å²) in [5, 5.41) is 0.438. The molecule has 0 amide bonds. The SMILES string of the molecule is CC(N)CS(=O)C1CCCCCC1. The second kappa shape index (κ2) is 5.76. The normalized spacial score (nSPS) is 25.1. The third-order valence-corrected chi connectivity index (χ3v) is 4.67. The summed E-state index contributed by atoms with van der Waals surface area (Å²) in [5.74, 6) is 0.685. The topological polar surface area (TPSA) is 43.1 Å². The van der Waals surface area contributed by atoms with E-state index >= 15 is 0 Å². The number of rotatable bonds is 3. The molecule has 0 saturated heterocycles. The first-order valence-electron chi connectivity index (χ1n) is 5.33. The first-order chi connectivity index (χ1) is 6.20. The van der Waals surface area contributed by atoms with Crippen LogP contribution in [0.4, 0.5) is 0 Å². The quantitative estimate of drug-likeness (QED) is 0.711. The van der Waals surface area contributed by atoms with Crippen LogP contribution in [0.1, 0.15) is 45.4 Å². The minimum absolute atomic E-state index is 0.0871. The smallest absolute Gasteiger partial charge is 0.0386 e. The van der Waals surface area contributed by atoms with Gasteiger partial charge in [0.05, 0.1) is 0 Å². The molecule has 1 saturated carbocycles. The number of hydrogen-bond acceptors (Lipinski definition) is 2. The first-order valence-corrected chi connectivity index (χ1v) is 6.71. The molecular formula is C10H21NOS. The first kappa shape index (κ1) is 11.2. The van der Waals surface area contributed by atoms with E-state index in [0.29, 0.717) is 11.0 Å². The van der Waals surface area contributed by atoms with Gasteiger partial charge in [0.2, 0.25) is 0 Å². The monoisotopic (exact) mass is 203 g/mol. The Balaban J connectivity index is 2.35. The third kappa shape index (κ3) is 4.23. The van der Waals surface area contributed by atoms with Crippen molar-refractivity contribution < 1.29 is 4.21 Å². The van der Waals surface area contributed by atoms with Crippen molar-refractivity contribution in [2.45, 2.75) is 56.7 Å². The molecule has 0 spiro atoms. The van der Waals surface area contributed by atoms with Crippen LogP contribution in [0.15, 0.2) is 0 Å². The van der Waals surface area contributed by atoms with Gasteiger partial charge in [-0.3, -0.25) is 4.21 Å². The van der Waals surface area contributed by atoms with Crippen LogP contribution in [-0.2, 0) is 10.8 Å². The van der Waals surface area contributed by atoms with E-state index in [-0.39, 0.29) is 6.04 Å². The Morgan fingerprint density at radius 2 is 1.85 bits per heavy atom. The molecule has 13 heavy (non-hydrogen) atoms.